The Hall–Kier alpha value is -2.61. The fraction of sp³-hybridized carbons (Fsp3) is 0.625. The van der Waals surface area contributed by atoms with Crippen LogP contribution in [-0.4, -0.2) is 41.8 Å². The van der Waals surface area contributed by atoms with Crippen LogP contribution in [0.5, 0.6) is 0 Å². The third-order valence-corrected chi connectivity index (χ3v) is 7.86. The van der Waals surface area contributed by atoms with Crippen molar-refractivity contribution >= 4 is 17.9 Å². The number of aliphatic hydroxyl groups excluding tert-OH is 1. The molecule has 1 aromatic heterocycles. The van der Waals surface area contributed by atoms with Gasteiger partial charge in [0, 0.05) is 30.4 Å². The minimum atomic E-state index is -0.811. The summed E-state index contributed by atoms with van der Waals surface area (Å²) in [6.45, 7) is 6.96. The molecule has 2 aliphatic carbocycles. The summed E-state index contributed by atoms with van der Waals surface area (Å²) >= 11 is 0. The van der Waals surface area contributed by atoms with E-state index in [1.54, 1.807) is 12.1 Å². The molecule has 32 heavy (non-hydrogen) atoms. The van der Waals surface area contributed by atoms with Gasteiger partial charge in [-0.05, 0) is 48.7 Å². The largest absolute Gasteiger partial charge is 0.472 e. The van der Waals surface area contributed by atoms with Crippen LogP contribution in [0.1, 0.15) is 58.6 Å². The van der Waals surface area contributed by atoms with Gasteiger partial charge in [-0.1, -0.05) is 13.8 Å². The highest BCUT2D eigenvalue weighted by Gasteiger charge is 2.65. The number of furan rings is 1. The Labute approximate surface area is 186 Å². The Kier molecular flexibility index (Phi) is 5.69. The third-order valence-electron chi connectivity index (χ3n) is 7.86. The van der Waals surface area contributed by atoms with Gasteiger partial charge in [0.1, 0.15) is 18.8 Å². The van der Waals surface area contributed by atoms with Crippen LogP contribution >= 0.6 is 0 Å². The van der Waals surface area contributed by atoms with E-state index in [4.69, 9.17) is 18.6 Å². The van der Waals surface area contributed by atoms with Crippen molar-refractivity contribution in [1.82, 2.24) is 0 Å². The van der Waals surface area contributed by atoms with Gasteiger partial charge in [-0.3, -0.25) is 9.59 Å². The predicted molar refractivity (Wildman–Crippen MR) is 111 cm³/mol. The first-order valence-corrected chi connectivity index (χ1v) is 11.0. The molecule has 1 saturated carbocycles. The van der Waals surface area contributed by atoms with E-state index in [0.717, 1.165) is 0 Å². The SMILES string of the molecule is CC(=O)O[C@@H]1C=C2C(=O)OC[C@]23C[C@@H](OC(C)=O)[C@@H](C)[C@@](C)(C[C@@H](O)c2ccoc2)[C@H]3C1. The van der Waals surface area contributed by atoms with E-state index in [0.29, 0.717) is 30.4 Å². The molecule has 8 heteroatoms. The van der Waals surface area contributed by atoms with Gasteiger partial charge in [-0.2, -0.15) is 0 Å². The maximum absolute atomic E-state index is 12.7. The molecule has 1 N–H and O–H groups in total. The molecular formula is C24H30O8. The Morgan fingerprint density at radius 3 is 2.62 bits per heavy atom. The number of esters is 3. The highest BCUT2D eigenvalue weighted by Crippen LogP contribution is 2.65. The van der Waals surface area contributed by atoms with Gasteiger partial charge in [0.15, 0.2) is 0 Å². The highest BCUT2D eigenvalue weighted by atomic mass is 16.6. The molecule has 174 valence electrons. The van der Waals surface area contributed by atoms with Crippen LogP contribution in [0.4, 0.5) is 0 Å². The number of hydrogen-bond donors (Lipinski definition) is 1. The van der Waals surface area contributed by atoms with Gasteiger partial charge in [0.25, 0.3) is 0 Å². The average Bonchev–Trinajstić information content (AvgIpc) is 3.34. The maximum atomic E-state index is 12.7. The Morgan fingerprint density at radius 1 is 1.28 bits per heavy atom. The first-order valence-electron chi connectivity index (χ1n) is 11.0. The summed E-state index contributed by atoms with van der Waals surface area (Å²) in [4.78, 5) is 36.3. The Bertz CT molecular complexity index is 934. The fourth-order valence-electron chi connectivity index (χ4n) is 6.26. The second kappa shape index (κ2) is 8.06. The molecule has 1 saturated heterocycles. The van der Waals surface area contributed by atoms with Gasteiger partial charge in [0.05, 0.1) is 18.6 Å². The molecule has 2 heterocycles. The molecule has 0 unspecified atom stereocenters. The van der Waals surface area contributed by atoms with Crippen molar-refractivity contribution in [3.05, 3.63) is 35.8 Å². The standard InChI is InChI=1S/C24H30O8/c1-13-20(32-15(3)26)10-24-12-30-22(28)18(24)7-17(31-14(2)25)8-21(24)23(13,4)9-19(27)16-5-6-29-11-16/h5-7,11,13,17,19-21,27H,8-10,12H2,1-4H3/t13-,17-,19-,20-,21-,23-,24-/m1/s1. The van der Waals surface area contributed by atoms with E-state index in [9.17, 15) is 19.5 Å². The van der Waals surface area contributed by atoms with E-state index in [1.807, 2.05) is 6.92 Å². The van der Waals surface area contributed by atoms with Gasteiger partial charge in [0.2, 0.25) is 0 Å². The van der Waals surface area contributed by atoms with E-state index >= 15 is 0 Å². The first kappa shape index (κ1) is 22.6. The highest BCUT2D eigenvalue weighted by molar-refractivity contribution is 5.93. The third kappa shape index (κ3) is 3.64. The molecule has 1 aliphatic heterocycles. The molecule has 0 radical (unpaired) electrons. The van der Waals surface area contributed by atoms with Crippen molar-refractivity contribution in [3.8, 4) is 0 Å². The smallest absolute Gasteiger partial charge is 0.334 e. The lowest BCUT2D eigenvalue weighted by atomic mass is 9.45. The summed E-state index contributed by atoms with van der Waals surface area (Å²) < 4.78 is 21.9. The van der Waals surface area contributed by atoms with Crippen LogP contribution in [0.15, 0.2) is 34.7 Å². The number of rotatable bonds is 5. The van der Waals surface area contributed by atoms with Crippen LogP contribution in [0.2, 0.25) is 0 Å². The molecule has 7 atom stereocenters. The lowest BCUT2D eigenvalue weighted by molar-refractivity contribution is -0.181. The van der Waals surface area contributed by atoms with E-state index < -0.39 is 41.1 Å². The zero-order chi connectivity index (χ0) is 23.3. The minimum Gasteiger partial charge on any atom is -0.472 e. The van der Waals surface area contributed by atoms with E-state index in [-0.39, 0.29) is 24.4 Å². The minimum absolute atomic E-state index is 0.128. The Balaban J connectivity index is 1.79. The second-order valence-electron chi connectivity index (χ2n) is 9.67. The number of ether oxygens (including phenoxy) is 3. The lowest BCUT2D eigenvalue weighted by Crippen LogP contribution is -2.59. The zero-order valence-corrected chi connectivity index (χ0v) is 18.8. The number of cyclic esters (lactones) is 1. The van der Waals surface area contributed by atoms with E-state index in [1.165, 1.54) is 26.4 Å². The maximum Gasteiger partial charge on any atom is 0.334 e. The number of carbonyl (C=O) groups is 3. The molecule has 4 rings (SSSR count). The number of carbonyl (C=O) groups excluding carboxylic acids is 3. The summed E-state index contributed by atoms with van der Waals surface area (Å²) in [5.41, 5.74) is -0.108. The summed E-state index contributed by atoms with van der Waals surface area (Å²) in [6, 6.07) is 1.72. The molecule has 1 spiro atoms. The molecule has 8 nitrogen and oxygen atoms in total. The second-order valence-corrected chi connectivity index (χ2v) is 9.67. The van der Waals surface area contributed by atoms with E-state index in [2.05, 4.69) is 6.92 Å². The fourth-order valence-corrected chi connectivity index (χ4v) is 6.26. The van der Waals surface area contributed by atoms with Crippen molar-refractivity contribution in [3.63, 3.8) is 0 Å². The average molecular weight is 446 g/mol. The monoisotopic (exact) mass is 446 g/mol. The normalized spacial score (nSPS) is 36.9. The van der Waals surface area contributed by atoms with Crippen LogP contribution in [0, 0.1) is 22.7 Å². The van der Waals surface area contributed by atoms with Crippen molar-refractivity contribution in [2.75, 3.05) is 6.61 Å². The molecule has 1 aromatic rings. The van der Waals surface area contributed by atoms with Crippen LogP contribution in [0.25, 0.3) is 0 Å². The van der Waals surface area contributed by atoms with Crippen LogP contribution in [-0.2, 0) is 28.6 Å². The summed E-state index contributed by atoms with van der Waals surface area (Å²) in [5.74, 6) is -1.52. The summed E-state index contributed by atoms with van der Waals surface area (Å²) in [6.07, 6.45) is 4.18. The number of hydrogen-bond acceptors (Lipinski definition) is 8. The molecule has 0 aromatic carbocycles. The molecule has 3 aliphatic rings. The van der Waals surface area contributed by atoms with Gasteiger partial charge in [-0.15, -0.1) is 0 Å². The quantitative estimate of drug-likeness (QED) is 0.542. The molecular weight excluding hydrogens is 416 g/mol. The van der Waals surface area contributed by atoms with Crippen molar-refractivity contribution < 1.29 is 38.1 Å². The predicted octanol–water partition coefficient (Wildman–Crippen LogP) is 3.10. The van der Waals surface area contributed by atoms with Gasteiger partial charge < -0.3 is 23.7 Å². The van der Waals surface area contributed by atoms with Gasteiger partial charge in [-0.25, -0.2) is 4.79 Å². The molecule has 0 amide bonds. The first-order chi connectivity index (χ1) is 15.1. The molecule has 2 fully saturated rings. The van der Waals surface area contributed by atoms with Crippen molar-refractivity contribution in [1.29, 1.82) is 0 Å². The zero-order valence-electron chi connectivity index (χ0n) is 18.8. The Morgan fingerprint density at radius 2 is 2.00 bits per heavy atom. The van der Waals surface area contributed by atoms with Crippen LogP contribution in [0.3, 0.4) is 0 Å². The lowest BCUT2D eigenvalue weighted by Gasteiger charge is -2.59. The van der Waals surface area contributed by atoms with Crippen molar-refractivity contribution in [2.24, 2.45) is 22.7 Å². The summed E-state index contributed by atoms with van der Waals surface area (Å²) in [7, 11) is 0. The summed E-state index contributed by atoms with van der Waals surface area (Å²) in [5, 5.41) is 11.0. The topological polar surface area (TPSA) is 112 Å². The van der Waals surface area contributed by atoms with Crippen LogP contribution < -0.4 is 0 Å². The van der Waals surface area contributed by atoms with Crippen molar-refractivity contribution in [2.45, 2.75) is 65.3 Å². The number of aliphatic hydroxyl groups is 1. The molecule has 0 bridgehead atoms. The van der Waals surface area contributed by atoms with Gasteiger partial charge >= 0.3 is 17.9 Å².